The van der Waals surface area contributed by atoms with Crippen molar-refractivity contribution in [2.75, 3.05) is 19.6 Å². The largest absolute Gasteiger partial charge is 0.393 e. The van der Waals surface area contributed by atoms with Crippen molar-refractivity contribution in [2.45, 2.75) is 45.6 Å². The zero-order chi connectivity index (χ0) is 10.2. The topological polar surface area (TPSA) is 23.5 Å². The van der Waals surface area contributed by atoms with Gasteiger partial charge in [-0.15, -0.1) is 0 Å². The average molecular weight is 197 g/mol. The summed E-state index contributed by atoms with van der Waals surface area (Å²) in [5.74, 6) is 0.559. The third-order valence-corrected chi connectivity index (χ3v) is 3.87. The van der Waals surface area contributed by atoms with Crippen LogP contribution >= 0.6 is 0 Å². The zero-order valence-electron chi connectivity index (χ0n) is 9.50. The fourth-order valence-corrected chi connectivity index (χ4v) is 2.94. The van der Waals surface area contributed by atoms with Crippen LogP contribution in [0.25, 0.3) is 0 Å². The van der Waals surface area contributed by atoms with Crippen molar-refractivity contribution in [3.05, 3.63) is 0 Å². The maximum atomic E-state index is 9.75. The molecule has 2 nitrogen and oxygen atoms in total. The molecule has 0 aromatic rings. The molecule has 1 saturated heterocycles. The van der Waals surface area contributed by atoms with Gasteiger partial charge < -0.3 is 10.0 Å². The normalized spacial score (nSPS) is 37.9. The molecule has 1 heterocycles. The number of rotatable bonds is 2. The SMILES string of the molecule is CC1(C)CCN(CC2CCCC2O)C1. The van der Waals surface area contributed by atoms with Gasteiger partial charge in [0.2, 0.25) is 0 Å². The maximum absolute atomic E-state index is 9.75. The van der Waals surface area contributed by atoms with Gasteiger partial charge in [-0.1, -0.05) is 20.3 Å². The molecule has 0 aromatic carbocycles. The monoisotopic (exact) mass is 197 g/mol. The Hall–Kier alpha value is -0.0800. The predicted octanol–water partition coefficient (Wildman–Crippen LogP) is 1.88. The third-order valence-electron chi connectivity index (χ3n) is 3.87. The third kappa shape index (κ3) is 2.29. The molecule has 1 N–H and O–H groups in total. The summed E-state index contributed by atoms with van der Waals surface area (Å²) >= 11 is 0. The number of hydrogen-bond donors (Lipinski definition) is 1. The van der Waals surface area contributed by atoms with Crippen molar-refractivity contribution in [1.29, 1.82) is 0 Å². The molecule has 2 atom stereocenters. The van der Waals surface area contributed by atoms with Crippen LogP contribution in [0.15, 0.2) is 0 Å². The van der Waals surface area contributed by atoms with Gasteiger partial charge in [0, 0.05) is 13.1 Å². The minimum Gasteiger partial charge on any atom is -0.393 e. The van der Waals surface area contributed by atoms with Gasteiger partial charge >= 0.3 is 0 Å². The van der Waals surface area contributed by atoms with Gasteiger partial charge in [-0.25, -0.2) is 0 Å². The number of likely N-dealkylation sites (tertiary alicyclic amines) is 1. The molecule has 1 aliphatic heterocycles. The molecule has 2 fully saturated rings. The van der Waals surface area contributed by atoms with Crippen molar-refractivity contribution >= 4 is 0 Å². The van der Waals surface area contributed by atoms with Crippen molar-refractivity contribution in [2.24, 2.45) is 11.3 Å². The van der Waals surface area contributed by atoms with Gasteiger partial charge in [0.05, 0.1) is 6.10 Å². The number of aliphatic hydroxyl groups is 1. The molecular weight excluding hydrogens is 174 g/mol. The van der Waals surface area contributed by atoms with E-state index in [-0.39, 0.29) is 6.10 Å². The van der Waals surface area contributed by atoms with Crippen LogP contribution in [0.5, 0.6) is 0 Å². The highest BCUT2D eigenvalue weighted by Crippen LogP contribution is 2.32. The lowest BCUT2D eigenvalue weighted by Crippen LogP contribution is -2.32. The molecule has 2 rings (SSSR count). The van der Waals surface area contributed by atoms with E-state index in [0.717, 1.165) is 13.0 Å². The lowest BCUT2D eigenvalue weighted by atomic mass is 9.93. The molecule has 1 aliphatic carbocycles. The van der Waals surface area contributed by atoms with E-state index >= 15 is 0 Å². The Morgan fingerprint density at radius 2 is 2.14 bits per heavy atom. The number of nitrogens with zero attached hydrogens (tertiary/aromatic N) is 1. The summed E-state index contributed by atoms with van der Waals surface area (Å²) in [6, 6.07) is 0. The van der Waals surface area contributed by atoms with Crippen molar-refractivity contribution in [1.82, 2.24) is 4.90 Å². The predicted molar refractivity (Wildman–Crippen MR) is 58.2 cm³/mol. The second kappa shape index (κ2) is 3.82. The van der Waals surface area contributed by atoms with E-state index in [2.05, 4.69) is 18.7 Å². The molecule has 0 amide bonds. The van der Waals surface area contributed by atoms with Crippen LogP contribution in [-0.2, 0) is 0 Å². The lowest BCUT2D eigenvalue weighted by Gasteiger charge is -2.24. The molecule has 0 aromatic heterocycles. The smallest absolute Gasteiger partial charge is 0.0580 e. The Balaban J connectivity index is 1.81. The Kier molecular flexibility index (Phi) is 2.85. The van der Waals surface area contributed by atoms with E-state index in [9.17, 15) is 5.11 Å². The summed E-state index contributed by atoms with van der Waals surface area (Å²) in [5.41, 5.74) is 0.504. The van der Waals surface area contributed by atoms with Gasteiger partial charge in [0.1, 0.15) is 0 Å². The lowest BCUT2D eigenvalue weighted by molar-refractivity contribution is 0.106. The fourth-order valence-electron chi connectivity index (χ4n) is 2.94. The minimum atomic E-state index is -0.0151. The van der Waals surface area contributed by atoms with Crippen LogP contribution in [0, 0.1) is 11.3 Å². The van der Waals surface area contributed by atoms with Crippen LogP contribution in [0.2, 0.25) is 0 Å². The summed E-state index contributed by atoms with van der Waals surface area (Å²) in [6.07, 6.45) is 4.79. The first kappa shape index (κ1) is 10.4. The number of aliphatic hydroxyl groups excluding tert-OH is 1. The summed E-state index contributed by atoms with van der Waals surface area (Å²) in [7, 11) is 0. The summed E-state index contributed by atoms with van der Waals surface area (Å²) in [6.45, 7) is 8.27. The van der Waals surface area contributed by atoms with Crippen LogP contribution in [0.4, 0.5) is 0 Å². The molecular formula is C12H23NO. The standard InChI is InChI=1S/C12H23NO/c1-12(2)6-7-13(9-12)8-10-4-3-5-11(10)14/h10-11,14H,3-9H2,1-2H3. The van der Waals surface area contributed by atoms with Crippen molar-refractivity contribution < 1.29 is 5.11 Å². The van der Waals surface area contributed by atoms with E-state index in [4.69, 9.17) is 0 Å². The van der Waals surface area contributed by atoms with E-state index in [1.54, 1.807) is 0 Å². The highest BCUT2D eigenvalue weighted by Gasteiger charge is 2.33. The van der Waals surface area contributed by atoms with E-state index < -0.39 is 0 Å². The molecule has 0 radical (unpaired) electrons. The van der Waals surface area contributed by atoms with E-state index in [1.807, 2.05) is 0 Å². The second-order valence-corrected chi connectivity index (χ2v) is 5.91. The summed E-state index contributed by atoms with van der Waals surface area (Å²) in [5, 5.41) is 9.75. The van der Waals surface area contributed by atoms with Gasteiger partial charge in [0.15, 0.2) is 0 Å². The Labute approximate surface area is 87.3 Å². The van der Waals surface area contributed by atoms with E-state index in [1.165, 1.54) is 32.4 Å². The van der Waals surface area contributed by atoms with Gasteiger partial charge in [-0.3, -0.25) is 0 Å². The molecule has 82 valence electrons. The zero-order valence-corrected chi connectivity index (χ0v) is 9.50. The Morgan fingerprint density at radius 3 is 2.64 bits per heavy atom. The fraction of sp³-hybridized carbons (Fsp3) is 1.00. The highest BCUT2D eigenvalue weighted by molar-refractivity contribution is 4.86. The average Bonchev–Trinajstić information content (AvgIpc) is 2.61. The Bertz CT molecular complexity index is 202. The molecule has 2 unspecified atom stereocenters. The van der Waals surface area contributed by atoms with Crippen LogP contribution < -0.4 is 0 Å². The molecule has 0 bridgehead atoms. The first-order valence-corrected chi connectivity index (χ1v) is 5.97. The first-order chi connectivity index (χ1) is 6.57. The van der Waals surface area contributed by atoms with E-state index in [0.29, 0.717) is 11.3 Å². The summed E-state index contributed by atoms with van der Waals surface area (Å²) in [4.78, 5) is 2.54. The van der Waals surface area contributed by atoms with Crippen molar-refractivity contribution in [3.63, 3.8) is 0 Å². The molecule has 14 heavy (non-hydrogen) atoms. The van der Waals surface area contributed by atoms with Crippen molar-refractivity contribution in [3.8, 4) is 0 Å². The highest BCUT2D eigenvalue weighted by atomic mass is 16.3. The Morgan fingerprint density at radius 1 is 1.36 bits per heavy atom. The molecule has 2 heteroatoms. The van der Waals surface area contributed by atoms with Crippen LogP contribution in [0.1, 0.15) is 39.5 Å². The number of hydrogen-bond acceptors (Lipinski definition) is 2. The van der Waals surface area contributed by atoms with Crippen LogP contribution in [-0.4, -0.2) is 35.7 Å². The van der Waals surface area contributed by atoms with Gasteiger partial charge in [0.25, 0.3) is 0 Å². The van der Waals surface area contributed by atoms with Crippen LogP contribution in [0.3, 0.4) is 0 Å². The maximum Gasteiger partial charge on any atom is 0.0580 e. The quantitative estimate of drug-likeness (QED) is 0.730. The molecule has 1 saturated carbocycles. The van der Waals surface area contributed by atoms with Gasteiger partial charge in [-0.2, -0.15) is 0 Å². The summed E-state index contributed by atoms with van der Waals surface area (Å²) < 4.78 is 0. The first-order valence-electron chi connectivity index (χ1n) is 5.97. The second-order valence-electron chi connectivity index (χ2n) is 5.91. The molecule has 2 aliphatic rings. The molecule has 0 spiro atoms. The minimum absolute atomic E-state index is 0.0151. The van der Waals surface area contributed by atoms with Gasteiger partial charge in [-0.05, 0) is 37.1 Å².